The summed E-state index contributed by atoms with van der Waals surface area (Å²) < 4.78 is 4.59. The molecule has 0 saturated heterocycles. The minimum atomic E-state index is -0.462. The molecule has 1 N–H and O–H groups in total. The number of aryl methyl sites for hydroxylation is 2. The highest BCUT2D eigenvalue weighted by Gasteiger charge is 2.04. The number of nitrogens with one attached hydrogen (secondary N) is 1. The van der Waals surface area contributed by atoms with Gasteiger partial charge in [-0.05, 0) is 37.1 Å². The summed E-state index contributed by atoms with van der Waals surface area (Å²) in [4.78, 5) is 21.9. The molecule has 0 radical (unpaired) electrons. The number of hydrogen-bond donors (Lipinski definition) is 1. The lowest BCUT2D eigenvalue weighted by Crippen LogP contribution is -2.19. The van der Waals surface area contributed by atoms with Crippen molar-refractivity contribution in [1.29, 1.82) is 0 Å². The number of amides is 1. The second-order valence-electron chi connectivity index (χ2n) is 3.70. The number of carbonyl (C=O) groups is 2. The van der Waals surface area contributed by atoms with Crippen LogP contribution in [0.1, 0.15) is 18.1 Å². The molecule has 0 unspecified atom stereocenters. The van der Waals surface area contributed by atoms with Crippen molar-refractivity contribution in [2.24, 2.45) is 0 Å². The number of rotatable bonds is 3. The summed E-state index contributed by atoms with van der Waals surface area (Å²) in [7, 11) is 0. The van der Waals surface area contributed by atoms with Crippen LogP contribution in [0.4, 0.5) is 5.69 Å². The third kappa shape index (κ3) is 4.13. The molecule has 0 heterocycles. The molecule has 1 aromatic carbocycles. The highest BCUT2D eigenvalue weighted by molar-refractivity contribution is 5.92. The van der Waals surface area contributed by atoms with E-state index in [9.17, 15) is 9.59 Å². The van der Waals surface area contributed by atoms with Crippen molar-refractivity contribution in [3.05, 3.63) is 29.3 Å². The fraction of sp³-hybridized carbons (Fsp3) is 0.333. The molecule has 0 aliphatic heterocycles. The van der Waals surface area contributed by atoms with E-state index >= 15 is 0 Å². The molecule has 1 aromatic rings. The lowest BCUT2D eigenvalue weighted by atomic mass is 10.1. The lowest BCUT2D eigenvalue weighted by Gasteiger charge is -2.07. The van der Waals surface area contributed by atoms with Crippen LogP contribution in [0.25, 0.3) is 0 Å². The summed E-state index contributed by atoms with van der Waals surface area (Å²) in [5, 5.41) is 2.66. The zero-order chi connectivity index (χ0) is 12.1. The Hall–Kier alpha value is -1.84. The molecule has 0 saturated carbocycles. The standard InChI is InChI=1S/C12H15NO3/c1-8-4-9(2)6-11(5-8)13-12(15)7-16-10(3)14/h4-6H,7H2,1-3H3,(H,13,15). The minimum Gasteiger partial charge on any atom is -0.456 e. The lowest BCUT2D eigenvalue weighted by molar-refractivity contribution is -0.144. The fourth-order valence-electron chi connectivity index (χ4n) is 1.41. The maximum absolute atomic E-state index is 11.4. The van der Waals surface area contributed by atoms with Gasteiger partial charge in [-0.3, -0.25) is 9.59 Å². The summed E-state index contributed by atoms with van der Waals surface area (Å²) in [5.41, 5.74) is 2.86. The summed E-state index contributed by atoms with van der Waals surface area (Å²) in [6, 6.07) is 5.74. The maximum Gasteiger partial charge on any atom is 0.303 e. The van der Waals surface area contributed by atoms with Crippen molar-refractivity contribution in [1.82, 2.24) is 0 Å². The number of esters is 1. The molecule has 0 atom stereocenters. The van der Waals surface area contributed by atoms with Gasteiger partial charge in [0, 0.05) is 12.6 Å². The molecule has 1 amide bonds. The van der Waals surface area contributed by atoms with Gasteiger partial charge in [-0.15, -0.1) is 0 Å². The minimum absolute atomic E-state index is 0.248. The molecule has 0 fully saturated rings. The molecule has 0 aromatic heterocycles. The van der Waals surface area contributed by atoms with Crippen LogP contribution in [-0.4, -0.2) is 18.5 Å². The Morgan fingerprint density at radius 1 is 1.19 bits per heavy atom. The SMILES string of the molecule is CC(=O)OCC(=O)Nc1cc(C)cc(C)c1. The molecule has 0 aliphatic carbocycles. The van der Waals surface area contributed by atoms with Crippen LogP contribution < -0.4 is 5.32 Å². The third-order valence-corrected chi connectivity index (χ3v) is 1.91. The van der Waals surface area contributed by atoms with Crippen molar-refractivity contribution in [2.45, 2.75) is 20.8 Å². The van der Waals surface area contributed by atoms with Gasteiger partial charge in [0.2, 0.25) is 0 Å². The van der Waals surface area contributed by atoms with Crippen LogP contribution in [0, 0.1) is 13.8 Å². The zero-order valence-corrected chi connectivity index (χ0v) is 9.66. The van der Waals surface area contributed by atoms with Gasteiger partial charge in [0.05, 0.1) is 0 Å². The first-order valence-electron chi connectivity index (χ1n) is 4.99. The molecule has 0 bridgehead atoms. The van der Waals surface area contributed by atoms with Crippen molar-refractivity contribution in [3.63, 3.8) is 0 Å². The van der Waals surface area contributed by atoms with E-state index < -0.39 is 5.97 Å². The van der Waals surface area contributed by atoms with E-state index in [-0.39, 0.29) is 12.5 Å². The molecule has 1 rings (SSSR count). The molecular weight excluding hydrogens is 206 g/mol. The number of anilines is 1. The molecule has 0 spiro atoms. The summed E-state index contributed by atoms with van der Waals surface area (Å²) in [6.45, 7) is 4.93. The smallest absolute Gasteiger partial charge is 0.303 e. The van der Waals surface area contributed by atoms with Gasteiger partial charge in [-0.1, -0.05) is 6.07 Å². The van der Waals surface area contributed by atoms with Crippen LogP contribution in [0.2, 0.25) is 0 Å². The topological polar surface area (TPSA) is 55.4 Å². The van der Waals surface area contributed by atoms with Crippen LogP contribution in [-0.2, 0) is 14.3 Å². The van der Waals surface area contributed by atoms with E-state index in [0.29, 0.717) is 0 Å². The highest BCUT2D eigenvalue weighted by Crippen LogP contribution is 2.13. The summed E-state index contributed by atoms with van der Waals surface area (Å²) in [5.74, 6) is -0.796. The number of hydrogen-bond acceptors (Lipinski definition) is 3. The first-order valence-corrected chi connectivity index (χ1v) is 4.99. The second-order valence-corrected chi connectivity index (χ2v) is 3.70. The Bertz CT molecular complexity index is 392. The zero-order valence-electron chi connectivity index (χ0n) is 9.66. The Balaban J connectivity index is 2.59. The van der Waals surface area contributed by atoms with Crippen LogP contribution in [0.5, 0.6) is 0 Å². The molecule has 0 aliphatic rings. The van der Waals surface area contributed by atoms with E-state index in [2.05, 4.69) is 10.1 Å². The maximum atomic E-state index is 11.4. The summed E-state index contributed by atoms with van der Waals surface area (Å²) >= 11 is 0. The largest absolute Gasteiger partial charge is 0.456 e. The molecular formula is C12H15NO3. The van der Waals surface area contributed by atoms with Gasteiger partial charge >= 0.3 is 5.97 Å². The number of carbonyl (C=O) groups excluding carboxylic acids is 2. The van der Waals surface area contributed by atoms with Gasteiger partial charge in [0.25, 0.3) is 5.91 Å². The average Bonchev–Trinajstić information content (AvgIpc) is 2.12. The van der Waals surface area contributed by atoms with Crippen molar-refractivity contribution in [2.75, 3.05) is 11.9 Å². The molecule has 86 valence electrons. The van der Waals surface area contributed by atoms with Gasteiger partial charge in [0.15, 0.2) is 6.61 Å². The number of benzene rings is 1. The van der Waals surface area contributed by atoms with Gasteiger partial charge in [0.1, 0.15) is 0 Å². The third-order valence-electron chi connectivity index (χ3n) is 1.91. The monoisotopic (exact) mass is 221 g/mol. The molecule has 4 nitrogen and oxygen atoms in total. The van der Waals surface area contributed by atoms with Crippen molar-refractivity contribution < 1.29 is 14.3 Å². The molecule has 4 heteroatoms. The van der Waals surface area contributed by atoms with Crippen LogP contribution >= 0.6 is 0 Å². The fourth-order valence-corrected chi connectivity index (χ4v) is 1.41. The molecule has 16 heavy (non-hydrogen) atoms. The first-order chi connectivity index (χ1) is 7.47. The van der Waals surface area contributed by atoms with Gasteiger partial charge < -0.3 is 10.1 Å². The van der Waals surface area contributed by atoms with E-state index in [1.54, 1.807) is 0 Å². The summed E-state index contributed by atoms with van der Waals surface area (Å²) in [6.07, 6.45) is 0. The Kier molecular flexibility index (Phi) is 4.05. The number of ether oxygens (including phenoxy) is 1. The van der Waals surface area contributed by atoms with Crippen LogP contribution in [0.3, 0.4) is 0 Å². The first kappa shape index (κ1) is 12.2. The quantitative estimate of drug-likeness (QED) is 0.792. The Morgan fingerprint density at radius 2 is 1.75 bits per heavy atom. The van der Waals surface area contributed by atoms with Gasteiger partial charge in [-0.2, -0.15) is 0 Å². The Morgan fingerprint density at radius 3 is 2.25 bits per heavy atom. The second kappa shape index (κ2) is 5.30. The van der Waals surface area contributed by atoms with Gasteiger partial charge in [-0.25, -0.2) is 0 Å². The van der Waals surface area contributed by atoms with E-state index in [1.165, 1.54) is 6.92 Å². The average molecular weight is 221 g/mol. The Labute approximate surface area is 94.6 Å². The van der Waals surface area contributed by atoms with Crippen molar-refractivity contribution in [3.8, 4) is 0 Å². The normalized spacial score (nSPS) is 9.69. The van der Waals surface area contributed by atoms with E-state index in [4.69, 9.17) is 0 Å². The van der Waals surface area contributed by atoms with E-state index in [1.807, 2.05) is 32.0 Å². The predicted octanol–water partition coefficient (Wildman–Crippen LogP) is 1.81. The highest BCUT2D eigenvalue weighted by atomic mass is 16.5. The predicted molar refractivity (Wildman–Crippen MR) is 61.2 cm³/mol. The van der Waals surface area contributed by atoms with E-state index in [0.717, 1.165) is 16.8 Å². The van der Waals surface area contributed by atoms with Crippen molar-refractivity contribution >= 4 is 17.6 Å². The van der Waals surface area contributed by atoms with Crippen LogP contribution in [0.15, 0.2) is 18.2 Å².